The smallest absolute Gasteiger partial charge is 0.139 e. The Kier molecular flexibility index (Phi) is 4.24. The van der Waals surface area contributed by atoms with E-state index >= 15 is 0 Å². The second kappa shape index (κ2) is 5.71. The molecule has 1 aromatic heterocycles. The van der Waals surface area contributed by atoms with Gasteiger partial charge < -0.3 is 11.1 Å². The zero-order valence-corrected chi connectivity index (χ0v) is 12.3. The average Bonchev–Trinajstić information content (AvgIpc) is 2.78. The predicted octanol–water partition coefficient (Wildman–Crippen LogP) is 4.28. The summed E-state index contributed by atoms with van der Waals surface area (Å²) in [5.74, 6) is -0.310. The first kappa shape index (κ1) is 13.4. The van der Waals surface area contributed by atoms with Crippen LogP contribution < -0.4 is 11.1 Å². The normalized spacial score (nSPS) is 12.4. The van der Waals surface area contributed by atoms with E-state index < -0.39 is 0 Å². The second-order valence-corrected chi connectivity index (χ2v) is 6.07. The summed E-state index contributed by atoms with van der Waals surface area (Å²) in [6, 6.07) is 7.32. The van der Waals surface area contributed by atoms with Gasteiger partial charge in [-0.3, -0.25) is 0 Å². The van der Waals surface area contributed by atoms with Crippen LogP contribution in [-0.4, -0.2) is 6.04 Å². The van der Waals surface area contributed by atoms with Crippen LogP contribution in [0.15, 0.2) is 34.1 Å². The molecule has 0 radical (unpaired) electrons. The lowest BCUT2D eigenvalue weighted by Crippen LogP contribution is -2.18. The molecule has 1 unspecified atom stereocenters. The molecule has 0 fully saturated rings. The molecular formula is C13H14BrFN2S. The lowest BCUT2D eigenvalue weighted by atomic mass is 10.2. The van der Waals surface area contributed by atoms with E-state index in [1.54, 1.807) is 17.4 Å². The van der Waals surface area contributed by atoms with Gasteiger partial charge in [0.2, 0.25) is 0 Å². The third kappa shape index (κ3) is 3.23. The number of benzene rings is 1. The molecule has 96 valence electrons. The van der Waals surface area contributed by atoms with E-state index in [1.807, 2.05) is 6.07 Å². The highest BCUT2D eigenvalue weighted by Gasteiger charge is 2.09. The summed E-state index contributed by atoms with van der Waals surface area (Å²) in [5, 5.41) is 5.29. The van der Waals surface area contributed by atoms with Crippen LogP contribution in [0.4, 0.5) is 15.8 Å². The molecule has 0 saturated carbocycles. The number of halogens is 2. The Morgan fingerprint density at radius 1 is 1.50 bits per heavy atom. The van der Waals surface area contributed by atoms with Crippen LogP contribution in [0, 0.1) is 5.82 Å². The SMILES string of the molecule is CC(Cc1cccs1)Nc1cc(F)c(Br)cc1N. The first-order valence-corrected chi connectivity index (χ1v) is 7.27. The fourth-order valence-electron chi connectivity index (χ4n) is 1.73. The van der Waals surface area contributed by atoms with Crippen molar-refractivity contribution in [1.29, 1.82) is 0 Å². The van der Waals surface area contributed by atoms with Crippen LogP contribution in [0.2, 0.25) is 0 Å². The quantitative estimate of drug-likeness (QED) is 0.822. The molecule has 1 atom stereocenters. The minimum Gasteiger partial charge on any atom is -0.397 e. The number of hydrogen-bond acceptors (Lipinski definition) is 3. The van der Waals surface area contributed by atoms with E-state index in [0.717, 1.165) is 6.42 Å². The van der Waals surface area contributed by atoms with E-state index in [-0.39, 0.29) is 11.9 Å². The lowest BCUT2D eigenvalue weighted by Gasteiger charge is -2.16. The Bertz CT molecular complexity index is 528. The summed E-state index contributed by atoms with van der Waals surface area (Å²) in [5.41, 5.74) is 7.04. The fraction of sp³-hybridized carbons (Fsp3) is 0.231. The van der Waals surface area contributed by atoms with Crippen molar-refractivity contribution in [2.75, 3.05) is 11.1 Å². The number of nitrogens with two attached hydrogens (primary N) is 1. The monoisotopic (exact) mass is 328 g/mol. The van der Waals surface area contributed by atoms with Gasteiger partial charge in [-0.25, -0.2) is 4.39 Å². The molecule has 2 aromatic rings. The summed E-state index contributed by atoms with van der Waals surface area (Å²) < 4.78 is 13.8. The van der Waals surface area contributed by atoms with Crippen LogP contribution in [0.5, 0.6) is 0 Å². The highest BCUT2D eigenvalue weighted by Crippen LogP contribution is 2.27. The van der Waals surface area contributed by atoms with Gasteiger partial charge in [0.25, 0.3) is 0 Å². The molecule has 2 rings (SSSR count). The highest BCUT2D eigenvalue weighted by atomic mass is 79.9. The molecular weight excluding hydrogens is 315 g/mol. The molecule has 5 heteroatoms. The van der Waals surface area contributed by atoms with Gasteiger partial charge in [0, 0.05) is 23.4 Å². The van der Waals surface area contributed by atoms with E-state index in [1.165, 1.54) is 10.9 Å². The number of hydrogen-bond donors (Lipinski definition) is 2. The Balaban J connectivity index is 2.07. The summed E-state index contributed by atoms with van der Waals surface area (Å²) >= 11 is 4.83. The third-order valence-electron chi connectivity index (χ3n) is 2.58. The summed E-state index contributed by atoms with van der Waals surface area (Å²) in [4.78, 5) is 1.30. The van der Waals surface area contributed by atoms with E-state index in [2.05, 4.69) is 39.6 Å². The molecule has 0 saturated heterocycles. The number of thiophene rings is 1. The van der Waals surface area contributed by atoms with Crippen LogP contribution in [0.25, 0.3) is 0 Å². The van der Waals surface area contributed by atoms with Gasteiger partial charge in [-0.2, -0.15) is 0 Å². The highest BCUT2D eigenvalue weighted by molar-refractivity contribution is 9.10. The van der Waals surface area contributed by atoms with Crippen molar-refractivity contribution in [2.24, 2.45) is 0 Å². The number of rotatable bonds is 4. The molecule has 0 amide bonds. The van der Waals surface area contributed by atoms with Gasteiger partial charge in [0.05, 0.1) is 15.8 Å². The van der Waals surface area contributed by atoms with Gasteiger partial charge in [-0.1, -0.05) is 6.07 Å². The Morgan fingerprint density at radius 2 is 2.28 bits per heavy atom. The number of nitrogen functional groups attached to an aromatic ring is 1. The molecule has 0 aliphatic rings. The molecule has 18 heavy (non-hydrogen) atoms. The van der Waals surface area contributed by atoms with Crippen molar-refractivity contribution in [1.82, 2.24) is 0 Å². The zero-order chi connectivity index (χ0) is 13.1. The molecule has 3 N–H and O–H groups in total. The Hall–Kier alpha value is -1.07. The molecule has 0 aliphatic heterocycles. The Morgan fingerprint density at radius 3 is 2.94 bits per heavy atom. The minimum atomic E-state index is -0.310. The van der Waals surface area contributed by atoms with Crippen molar-refractivity contribution < 1.29 is 4.39 Å². The van der Waals surface area contributed by atoms with Crippen LogP contribution in [-0.2, 0) is 6.42 Å². The van der Waals surface area contributed by atoms with Crippen molar-refractivity contribution in [3.63, 3.8) is 0 Å². The molecule has 0 spiro atoms. The molecule has 0 bridgehead atoms. The topological polar surface area (TPSA) is 38.0 Å². The van der Waals surface area contributed by atoms with E-state index in [9.17, 15) is 4.39 Å². The van der Waals surface area contributed by atoms with Crippen molar-refractivity contribution in [3.8, 4) is 0 Å². The summed E-state index contributed by atoms with van der Waals surface area (Å²) in [7, 11) is 0. The molecule has 2 nitrogen and oxygen atoms in total. The fourth-order valence-corrected chi connectivity index (χ4v) is 2.93. The minimum absolute atomic E-state index is 0.200. The van der Waals surface area contributed by atoms with Gasteiger partial charge >= 0.3 is 0 Å². The van der Waals surface area contributed by atoms with Crippen LogP contribution in [0.1, 0.15) is 11.8 Å². The van der Waals surface area contributed by atoms with Gasteiger partial charge in [0.1, 0.15) is 5.82 Å². The molecule has 0 aliphatic carbocycles. The van der Waals surface area contributed by atoms with E-state index in [0.29, 0.717) is 15.8 Å². The van der Waals surface area contributed by atoms with Gasteiger partial charge in [-0.05, 0) is 40.4 Å². The zero-order valence-electron chi connectivity index (χ0n) is 9.91. The maximum atomic E-state index is 13.4. The van der Waals surface area contributed by atoms with Crippen LogP contribution in [0.3, 0.4) is 0 Å². The lowest BCUT2D eigenvalue weighted by molar-refractivity contribution is 0.621. The average molecular weight is 329 g/mol. The first-order valence-electron chi connectivity index (χ1n) is 5.59. The van der Waals surface area contributed by atoms with Gasteiger partial charge in [0.15, 0.2) is 0 Å². The summed E-state index contributed by atoms with van der Waals surface area (Å²) in [6.45, 7) is 2.05. The van der Waals surface area contributed by atoms with Crippen LogP contribution >= 0.6 is 27.3 Å². The standard InChI is InChI=1S/C13H14BrFN2S/c1-8(5-9-3-2-4-18-9)17-13-7-11(15)10(14)6-12(13)16/h2-4,6-8,17H,5,16H2,1H3. The van der Waals surface area contributed by atoms with Crippen molar-refractivity contribution in [2.45, 2.75) is 19.4 Å². The first-order chi connectivity index (χ1) is 8.56. The maximum absolute atomic E-state index is 13.4. The van der Waals surface area contributed by atoms with Gasteiger partial charge in [-0.15, -0.1) is 11.3 Å². The number of anilines is 2. The Labute approximate surface area is 118 Å². The largest absolute Gasteiger partial charge is 0.397 e. The third-order valence-corrected chi connectivity index (χ3v) is 4.09. The summed E-state index contributed by atoms with van der Waals surface area (Å²) in [6.07, 6.45) is 0.898. The number of nitrogens with one attached hydrogen (secondary N) is 1. The van der Waals surface area contributed by atoms with Crippen molar-refractivity contribution >= 4 is 38.6 Å². The van der Waals surface area contributed by atoms with Crippen molar-refractivity contribution in [3.05, 3.63) is 44.8 Å². The second-order valence-electron chi connectivity index (χ2n) is 4.18. The maximum Gasteiger partial charge on any atom is 0.139 e. The predicted molar refractivity (Wildman–Crippen MR) is 79.6 cm³/mol. The van der Waals surface area contributed by atoms with E-state index in [4.69, 9.17) is 5.73 Å². The molecule has 1 heterocycles. The molecule has 1 aromatic carbocycles.